The molecule has 0 amide bonds. The van der Waals surface area contributed by atoms with Gasteiger partial charge in [-0.25, -0.2) is 0 Å². The Balaban J connectivity index is 1.89. The summed E-state index contributed by atoms with van der Waals surface area (Å²) in [6.07, 6.45) is 0. The summed E-state index contributed by atoms with van der Waals surface area (Å²) < 4.78 is 0. The highest BCUT2D eigenvalue weighted by molar-refractivity contribution is 5.94. The number of benzene rings is 4. The monoisotopic (exact) mass is 315 g/mol. The topological polar surface area (TPSA) is 0 Å². The Hall–Kier alpha value is -3.12. The molecular weight excluding hydrogens is 300 g/mol. The predicted octanol–water partition coefficient (Wildman–Crippen LogP) is 5.83. The van der Waals surface area contributed by atoms with Gasteiger partial charge in [0.1, 0.15) is 0 Å². The fourth-order valence-corrected chi connectivity index (χ4v) is 4.95. The van der Waals surface area contributed by atoms with Crippen LogP contribution in [0, 0.1) is 6.07 Å². The molecule has 0 fully saturated rings. The second-order valence-electron chi connectivity index (χ2n) is 6.85. The van der Waals surface area contributed by atoms with E-state index in [0.29, 0.717) is 0 Å². The van der Waals surface area contributed by atoms with Crippen molar-refractivity contribution in [2.45, 2.75) is 5.41 Å². The van der Waals surface area contributed by atoms with Crippen LogP contribution in [0.25, 0.3) is 22.3 Å². The van der Waals surface area contributed by atoms with E-state index in [9.17, 15) is 0 Å². The first-order chi connectivity index (χ1) is 12.4. The first kappa shape index (κ1) is 13.2. The molecule has 2 aliphatic rings. The molecule has 0 N–H and O–H groups in total. The Kier molecular flexibility index (Phi) is 2.37. The minimum atomic E-state index is -0.236. The van der Waals surface area contributed by atoms with Crippen molar-refractivity contribution in [2.24, 2.45) is 0 Å². The van der Waals surface area contributed by atoms with Gasteiger partial charge < -0.3 is 0 Å². The Morgan fingerprint density at radius 3 is 1.48 bits per heavy atom. The summed E-state index contributed by atoms with van der Waals surface area (Å²) in [5, 5.41) is 0. The number of rotatable bonds is 0. The Labute approximate surface area is 147 Å². The number of hydrogen-bond acceptors (Lipinski definition) is 0. The van der Waals surface area contributed by atoms with E-state index in [4.69, 9.17) is 0 Å². The van der Waals surface area contributed by atoms with Gasteiger partial charge in [0.25, 0.3) is 0 Å². The van der Waals surface area contributed by atoms with Gasteiger partial charge in [0.15, 0.2) is 0 Å². The van der Waals surface area contributed by atoms with Crippen molar-refractivity contribution in [1.29, 1.82) is 0 Å². The van der Waals surface area contributed by atoms with E-state index in [1.807, 2.05) is 0 Å². The minimum absolute atomic E-state index is 0.236. The fourth-order valence-electron chi connectivity index (χ4n) is 4.95. The molecule has 0 atom stereocenters. The van der Waals surface area contributed by atoms with Gasteiger partial charge in [0, 0.05) is 0 Å². The smallest absolute Gasteiger partial charge is 0.0619 e. The van der Waals surface area contributed by atoms with Crippen LogP contribution in [0.2, 0.25) is 0 Å². The first-order valence-electron chi connectivity index (χ1n) is 8.73. The van der Waals surface area contributed by atoms with Crippen molar-refractivity contribution in [1.82, 2.24) is 0 Å². The molecule has 0 unspecified atom stereocenters. The number of fused-ring (bicyclic) bond motifs is 10. The SMILES string of the molecule is [c]1cccc2c1C1(c3ccccc3-2)c2ccccc2-c2ccccc21. The highest BCUT2D eigenvalue weighted by Crippen LogP contribution is 2.62. The second-order valence-corrected chi connectivity index (χ2v) is 6.85. The van der Waals surface area contributed by atoms with Crippen molar-refractivity contribution >= 4 is 0 Å². The van der Waals surface area contributed by atoms with Crippen molar-refractivity contribution in [3.8, 4) is 22.3 Å². The molecule has 4 aromatic carbocycles. The van der Waals surface area contributed by atoms with E-state index < -0.39 is 0 Å². The molecule has 1 radical (unpaired) electrons. The molecule has 0 aliphatic heterocycles. The highest BCUT2D eigenvalue weighted by atomic mass is 14.5. The average molecular weight is 315 g/mol. The normalized spacial score (nSPS) is 14.7. The van der Waals surface area contributed by atoms with Crippen molar-refractivity contribution in [3.05, 3.63) is 119 Å². The lowest BCUT2D eigenvalue weighted by Crippen LogP contribution is -2.25. The van der Waals surface area contributed by atoms with Gasteiger partial charge in [-0.2, -0.15) is 0 Å². The molecule has 25 heavy (non-hydrogen) atoms. The quantitative estimate of drug-likeness (QED) is 0.331. The van der Waals surface area contributed by atoms with E-state index in [2.05, 4.69) is 97.1 Å². The standard InChI is InChI=1S/C25H15/c1-5-13-21-17(9-1)18-10-2-6-14-22(18)25(21)23-15-7-3-11-19(23)20-12-4-8-16-24(20)25/h1-15H. The van der Waals surface area contributed by atoms with Crippen molar-refractivity contribution in [2.75, 3.05) is 0 Å². The lowest BCUT2D eigenvalue weighted by atomic mass is 9.70. The Bertz CT molecular complexity index is 962. The first-order valence-corrected chi connectivity index (χ1v) is 8.73. The highest BCUT2D eigenvalue weighted by Gasteiger charge is 2.51. The maximum absolute atomic E-state index is 3.61. The zero-order valence-electron chi connectivity index (χ0n) is 13.7. The predicted molar refractivity (Wildman–Crippen MR) is 102 cm³/mol. The maximum atomic E-state index is 3.61. The fraction of sp³-hybridized carbons (Fsp3) is 0.0400. The van der Waals surface area contributed by atoms with Crippen LogP contribution in [0.4, 0.5) is 0 Å². The van der Waals surface area contributed by atoms with Gasteiger partial charge in [-0.05, 0) is 50.6 Å². The summed E-state index contributed by atoms with van der Waals surface area (Å²) in [6.45, 7) is 0. The Morgan fingerprint density at radius 1 is 0.480 bits per heavy atom. The van der Waals surface area contributed by atoms with Gasteiger partial charge in [0.2, 0.25) is 0 Å². The second kappa shape index (κ2) is 4.49. The summed E-state index contributed by atoms with van der Waals surface area (Å²) in [4.78, 5) is 0. The average Bonchev–Trinajstić information content (AvgIpc) is 3.16. The van der Waals surface area contributed by atoms with Gasteiger partial charge in [-0.1, -0.05) is 91.0 Å². The Morgan fingerprint density at radius 2 is 0.920 bits per heavy atom. The third-order valence-corrected chi connectivity index (χ3v) is 5.80. The van der Waals surface area contributed by atoms with Gasteiger partial charge in [-0.3, -0.25) is 0 Å². The van der Waals surface area contributed by atoms with Crippen LogP contribution in [-0.2, 0) is 5.41 Å². The molecule has 0 heteroatoms. The molecule has 115 valence electrons. The van der Waals surface area contributed by atoms with E-state index in [-0.39, 0.29) is 5.41 Å². The molecule has 0 nitrogen and oxygen atoms in total. The van der Waals surface area contributed by atoms with Crippen LogP contribution in [-0.4, -0.2) is 0 Å². The number of hydrogen-bond donors (Lipinski definition) is 0. The van der Waals surface area contributed by atoms with Crippen LogP contribution >= 0.6 is 0 Å². The summed E-state index contributed by atoms with van der Waals surface area (Å²) in [5.41, 5.74) is 10.5. The molecule has 0 heterocycles. The molecule has 2 aliphatic carbocycles. The van der Waals surface area contributed by atoms with Gasteiger partial charge >= 0.3 is 0 Å². The van der Waals surface area contributed by atoms with Crippen molar-refractivity contribution in [3.63, 3.8) is 0 Å². The van der Waals surface area contributed by atoms with Crippen LogP contribution in [0.5, 0.6) is 0 Å². The molecular formula is C25H15. The molecule has 4 aromatic rings. The van der Waals surface area contributed by atoms with Gasteiger partial charge in [-0.15, -0.1) is 0 Å². The minimum Gasteiger partial charge on any atom is -0.0619 e. The van der Waals surface area contributed by atoms with Crippen LogP contribution in [0.15, 0.2) is 91.0 Å². The third kappa shape index (κ3) is 1.40. The molecule has 6 rings (SSSR count). The van der Waals surface area contributed by atoms with Gasteiger partial charge in [0.05, 0.1) is 5.41 Å². The third-order valence-electron chi connectivity index (χ3n) is 5.80. The molecule has 0 saturated heterocycles. The van der Waals surface area contributed by atoms with Crippen molar-refractivity contribution < 1.29 is 0 Å². The summed E-state index contributed by atoms with van der Waals surface area (Å²) in [6, 6.07) is 36.6. The van der Waals surface area contributed by atoms with Crippen LogP contribution in [0.3, 0.4) is 0 Å². The van der Waals surface area contributed by atoms with E-state index in [1.165, 1.54) is 44.5 Å². The largest absolute Gasteiger partial charge is 0.0731 e. The van der Waals surface area contributed by atoms with E-state index in [1.54, 1.807) is 0 Å². The lowest BCUT2D eigenvalue weighted by molar-refractivity contribution is 0.792. The summed E-state index contributed by atoms with van der Waals surface area (Å²) >= 11 is 0. The lowest BCUT2D eigenvalue weighted by Gasteiger charge is -2.30. The molecule has 0 saturated carbocycles. The molecule has 0 bridgehead atoms. The molecule has 1 spiro atoms. The van der Waals surface area contributed by atoms with E-state index in [0.717, 1.165) is 0 Å². The summed E-state index contributed by atoms with van der Waals surface area (Å²) in [7, 11) is 0. The van der Waals surface area contributed by atoms with Crippen LogP contribution in [0.1, 0.15) is 22.3 Å². The zero-order valence-corrected chi connectivity index (χ0v) is 13.7. The molecule has 0 aromatic heterocycles. The zero-order chi connectivity index (χ0) is 16.4. The summed E-state index contributed by atoms with van der Waals surface area (Å²) in [5.74, 6) is 0. The van der Waals surface area contributed by atoms with Crippen LogP contribution < -0.4 is 0 Å². The maximum Gasteiger partial charge on any atom is 0.0731 e. The van der Waals surface area contributed by atoms with E-state index >= 15 is 0 Å².